The third-order valence-corrected chi connectivity index (χ3v) is 8.71. The van der Waals surface area contributed by atoms with Crippen molar-refractivity contribution >= 4 is 15.9 Å². The van der Waals surface area contributed by atoms with Crippen LogP contribution in [0, 0.1) is 12.3 Å². The van der Waals surface area contributed by atoms with Gasteiger partial charge in [-0.15, -0.1) is 0 Å². The van der Waals surface area contributed by atoms with E-state index >= 15 is 8.78 Å². The quantitative estimate of drug-likeness (QED) is 0.712. The van der Waals surface area contributed by atoms with Crippen LogP contribution in [0.15, 0.2) is 65.6 Å². The van der Waals surface area contributed by atoms with Crippen LogP contribution >= 0.6 is 0 Å². The number of halogens is 2. The molecular formula is C23H25F2NO3S. The molecule has 1 aliphatic heterocycles. The minimum Gasteiger partial charge on any atom is -0.283 e. The standard InChI is InChI=1S/C23H25F2NO3S/c1-16-10-13-18(14-11-16)30(27,28)20-19(15-12-17-8-6-5-7-9-17)26(4)29-22(20)21(2,3)23(22,24)25/h5-15,19-20H,1-4H3/b15-12+/t19-,20-,22+/m1/s1. The van der Waals surface area contributed by atoms with Crippen molar-refractivity contribution in [1.29, 1.82) is 0 Å². The lowest BCUT2D eigenvalue weighted by molar-refractivity contribution is -0.178. The van der Waals surface area contributed by atoms with Crippen LogP contribution in [0.2, 0.25) is 0 Å². The molecule has 1 heterocycles. The Morgan fingerprint density at radius 2 is 1.60 bits per heavy atom. The molecule has 160 valence electrons. The highest BCUT2D eigenvalue weighted by molar-refractivity contribution is 7.92. The summed E-state index contributed by atoms with van der Waals surface area (Å²) in [7, 11) is -2.62. The Balaban J connectivity index is 1.84. The normalized spacial score (nSPS) is 30.2. The van der Waals surface area contributed by atoms with Gasteiger partial charge < -0.3 is 0 Å². The topological polar surface area (TPSA) is 46.6 Å². The zero-order valence-corrected chi connectivity index (χ0v) is 18.2. The van der Waals surface area contributed by atoms with Gasteiger partial charge in [0.2, 0.25) is 0 Å². The first-order chi connectivity index (χ1) is 14.0. The van der Waals surface area contributed by atoms with Gasteiger partial charge in [-0.25, -0.2) is 17.2 Å². The molecule has 2 aliphatic rings. The number of rotatable bonds is 4. The number of nitrogens with zero attached hydrogens (tertiary/aromatic N) is 1. The van der Waals surface area contributed by atoms with Crippen LogP contribution in [0.3, 0.4) is 0 Å². The molecule has 0 unspecified atom stereocenters. The number of hydrogen-bond donors (Lipinski definition) is 0. The van der Waals surface area contributed by atoms with Crippen molar-refractivity contribution in [3.8, 4) is 0 Å². The van der Waals surface area contributed by atoms with E-state index in [0.717, 1.165) is 11.1 Å². The SMILES string of the molecule is Cc1ccc(S(=O)(=O)[C@@H]2[C@@H](/C=C/c3ccccc3)N(C)O[C@]23C(C)(C)C3(F)F)cc1. The zero-order chi connectivity index (χ0) is 21.9. The van der Waals surface area contributed by atoms with Crippen molar-refractivity contribution in [3.05, 3.63) is 71.8 Å². The summed E-state index contributed by atoms with van der Waals surface area (Å²) in [4.78, 5) is 5.71. The average molecular weight is 434 g/mol. The zero-order valence-electron chi connectivity index (χ0n) is 17.3. The highest BCUT2D eigenvalue weighted by atomic mass is 32.2. The number of hydroxylamine groups is 2. The minimum absolute atomic E-state index is 0.0213. The first-order valence-electron chi connectivity index (χ1n) is 9.80. The highest BCUT2D eigenvalue weighted by Crippen LogP contribution is 2.75. The summed E-state index contributed by atoms with van der Waals surface area (Å²) in [6, 6.07) is 14.7. The molecule has 0 amide bonds. The summed E-state index contributed by atoms with van der Waals surface area (Å²) in [5, 5.41) is -0.193. The molecule has 2 fully saturated rings. The number of alkyl halides is 2. The molecule has 4 rings (SSSR count). The van der Waals surface area contributed by atoms with Gasteiger partial charge in [-0.05, 0) is 24.6 Å². The predicted molar refractivity (Wildman–Crippen MR) is 112 cm³/mol. The van der Waals surface area contributed by atoms with Gasteiger partial charge in [0, 0.05) is 7.05 Å². The first-order valence-corrected chi connectivity index (χ1v) is 11.3. The molecule has 1 saturated carbocycles. The van der Waals surface area contributed by atoms with Crippen molar-refractivity contribution in [2.45, 2.75) is 48.5 Å². The van der Waals surface area contributed by atoms with Gasteiger partial charge in [0.15, 0.2) is 15.4 Å². The monoisotopic (exact) mass is 433 g/mol. The fraction of sp³-hybridized carbons (Fsp3) is 0.391. The number of sulfone groups is 1. The maximum atomic E-state index is 15.1. The molecule has 1 spiro atoms. The Labute approximate surface area is 176 Å². The van der Waals surface area contributed by atoms with Crippen LogP contribution < -0.4 is 0 Å². The maximum Gasteiger partial charge on any atom is 0.288 e. The average Bonchev–Trinajstić information content (AvgIpc) is 2.93. The summed E-state index contributed by atoms with van der Waals surface area (Å²) < 4.78 is 57.5. The first kappa shape index (κ1) is 21.2. The van der Waals surface area contributed by atoms with E-state index in [0.29, 0.717) is 0 Å². The largest absolute Gasteiger partial charge is 0.288 e. The molecular weight excluding hydrogens is 408 g/mol. The van der Waals surface area contributed by atoms with Gasteiger partial charge in [0.25, 0.3) is 5.92 Å². The van der Waals surface area contributed by atoms with Crippen molar-refractivity contribution in [3.63, 3.8) is 0 Å². The summed E-state index contributed by atoms with van der Waals surface area (Å²) in [6.07, 6.45) is 3.39. The van der Waals surface area contributed by atoms with Crippen LogP contribution in [-0.4, -0.2) is 43.3 Å². The molecule has 1 saturated heterocycles. The molecule has 0 radical (unpaired) electrons. The summed E-state index contributed by atoms with van der Waals surface area (Å²) in [5.41, 5.74) is -2.00. The Morgan fingerprint density at radius 1 is 1.03 bits per heavy atom. The molecule has 0 N–H and O–H groups in total. The maximum absolute atomic E-state index is 15.1. The molecule has 3 atom stereocenters. The molecule has 0 aromatic heterocycles. The van der Waals surface area contributed by atoms with E-state index in [2.05, 4.69) is 0 Å². The number of aryl methyl sites for hydroxylation is 1. The Hall–Kier alpha value is -2.09. The number of likely N-dealkylation sites (N-methyl/N-ethyl adjacent to an activating group) is 1. The van der Waals surface area contributed by atoms with Gasteiger partial charge in [-0.2, -0.15) is 5.06 Å². The van der Waals surface area contributed by atoms with Gasteiger partial charge in [-0.3, -0.25) is 4.84 Å². The van der Waals surface area contributed by atoms with Crippen LogP contribution in [0.4, 0.5) is 8.78 Å². The summed E-state index contributed by atoms with van der Waals surface area (Å²) >= 11 is 0. The number of benzene rings is 2. The summed E-state index contributed by atoms with van der Waals surface area (Å²) in [6.45, 7) is 4.57. The smallest absolute Gasteiger partial charge is 0.283 e. The lowest BCUT2D eigenvalue weighted by atomic mass is 9.99. The van der Waals surface area contributed by atoms with Crippen LogP contribution in [0.25, 0.3) is 6.08 Å². The van der Waals surface area contributed by atoms with Crippen LogP contribution in [-0.2, 0) is 14.7 Å². The fourth-order valence-electron chi connectivity index (χ4n) is 4.51. The Bertz CT molecular complexity index is 1070. The van der Waals surface area contributed by atoms with E-state index in [1.807, 2.05) is 37.3 Å². The summed E-state index contributed by atoms with van der Waals surface area (Å²) in [5.74, 6) is -3.29. The molecule has 2 aromatic rings. The number of hydrogen-bond acceptors (Lipinski definition) is 4. The fourth-order valence-corrected chi connectivity index (χ4v) is 6.87. The predicted octanol–water partition coefficient (Wildman–Crippen LogP) is 4.51. The lowest BCUT2D eigenvalue weighted by Crippen LogP contribution is -2.44. The van der Waals surface area contributed by atoms with E-state index in [1.165, 1.54) is 38.1 Å². The third kappa shape index (κ3) is 2.72. The van der Waals surface area contributed by atoms with Crippen molar-refractivity contribution < 1.29 is 22.0 Å². The van der Waals surface area contributed by atoms with Crippen molar-refractivity contribution in [2.24, 2.45) is 5.41 Å². The molecule has 7 heteroatoms. The van der Waals surface area contributed by atoms with Crippen molar-refractivity contribution in [1.82, 2.24) is 5.06 Å². The second-order valence-corrected chi connectivity index (χ2v) is 10.7. The van der Waals surface area contributed by atoms with Gasteiger partial charge in [0.1, 0.15) is 5.25 Å². The Kier molecular flexibility index (Phi) is 4.73. The van der Waals surface area contributed by atoms with Gasteiger partial charge >= 0.3 is 0 Å². The van der Waals surface area contributed by atoms with E-state index in [4.69, 9.17) is 4.84 Å². The molecule has 30 heavy (non-hydrogen) atoms. The molecule has 4 nitrogen and oxygen atoms in total. The van der Waals surface area contributed by atoms with Crippen molar-refractivity contribution in [2.75, 3.05) is 7.05 Å². The van der Waals surface area contributed by atoms with E-state index in [-0.39, 0.29) is 4.90 Å². The molecule has 0 bridgehead atoms. The minimum atomic E-state index is -4.13. The van der Waals surface area contributed by atoms with E-state index < -0.39 is 38.1 Å². The molecule has 1 aliphatic carbocycles. The van der Waals surface area contributed by atoms with Crippen LogP contribution in [0.5, 0.6) is 0 Å². The Morgan fingerprint density at radius 3 is 2.13 bits per heavy atom. The lowest BCUT2D eigenvalue weighted by Gasteiger charge is -2.22. The van der Waals surface area contributed by atoms with E-state index in [9.17, 15) is 8.42 Å². The van der Waals surface area contributed by atoms with E-state index in [1.54, 1.807) is 24.3 Å². The van der Waals surface area contributed by atoms with Gasteiger partial charge in [-0.1, -0.05) is 74.0 Å². The van der Waals surface area contributed by atoms with Crippen LogP contribution in [0.1, 0.15) is 25.0 Å². The van der Waals surface area contributed by atoms with Gasteiger partial charge in [0.05, 0.1) is 16.4 Å². The highest BCUT2D eigenvalue weighted by Gasteiger charge is 2.95. The third-order valence-electron chi connectivity index (χ3n) is 6.51. The molecule has 2 aromatic carbocycles. The second kappa shape index (κ2) is 6.70. The second-order valence-electron chi connectivity index (χ2n) is 8.61.